The van der Waals surface area contributed by atoms with Crippen LogP contribution in [0.4, 0.5) is 16.8 Å². The van der Waals surface area contributed by atoms with Gasteiger partial charge in [0.15, 0.2) is 5.13 Å². The first kappa shape index (κ1) is 16.7. The second kappa shape index (κ2) is 7.61. The smallest absolute Gasteiger partial charge is 0.227 e. The molecule has 2 aromatic heterocycles. The van der Waals surface area contributed by atoms with Gasteiger partial charge in [0.25, 0.3) is 0 Å². The molecule has 3 aromatic rings. The van der Waals surface area contributed by atoms with Crippen LogP contribution in [0.25, 0.3) is 10.6 Å². The molecule has 6 nitrogen and oxygen atoms in total. The summed E-state index contributed by atoms with van der Waals surface area (Å²) in [5.74, 6) is 0.546. The lowest BCUT2D eigenvalue weighted by molar-refractivity contribution is 1.15. The molecule has 0 aliphatic carbocycles. The van der Waals surface area contributed by atoms with Crippen LogP contribution >= 0.6 is 23.3 Å². The fourth-order valence-electron chi connectivity index (χ4n) is 2.18. The first-order valence-corrected chi connectivity index (χ1v) is 9.17. The van der Waals surface area contributed by atoms with Crippen molar-refractivity contribution < 1.29 is 0 Å². The van der Waals surface area contributed by atoms with E-state index in [9.17, 15) is 0 Å². The molecule has 2 heterocycles. The number of hydrogen-bond acceptors (Lipinski definition) is 8. The minimum Gasteiger partial charge on any atom is -0.362 e. The first-order valence-electron chi connectivity index (χ1n) is 7.48. The van der Waals surface area contributed by atoms with E-state index in [1.165, 1.54) is 11.9 Å². The average molecular weight is 358 g/mol. The van der Waals surface area contributed by atoms with Crippen molar-refractivity contribution in [3.05, 3.63) is 42.2 Å². The molecule has 8 heteroatoms. The van der Waals surface area contributed by atoms with Crippen molar-refractivity contribution >= 4 is 40.1 Å². The largest absolute Gasteiger partial charge is 0.362 e. The van der Waals surface area contributed by atoms with Crippen LogP contribution in [0.1, 0.15) is 12.6 Å². The quantitative estimate of drug-likeness (QED) is 0.573. The molecule has 0 fully saturated rings. The lowest BCUT2D eigenvalue weighted by Crippen LogP contribution is -1.98. The Morgan fingerprint density at radius 1 is 1.25 bits per heavy atom. The van der Waals surface area contributed by atoms with Gasteiger partial charge in [-0.1, -0.05) is 17.4 Å². The Morgan fingerprint density at radius 3 is 2.92 bits per heavy atom. The molecule has 0 radical (unpaired) electrons. The highest BCUT2D eigenvalue weighted by molar-refractivity contribution is 7.97. The molecular weight excluding hydrogens is 340 g/mol. The third-order valence-corrected chi connectivity index (χ3v) is 4.90. The van der Waals surface area contributed by atoms with E-state index in [1.54, 1.807) is 17.5 Å². The van der Waals surface area contributed by atoms with E-state index in [1.807, 2.05) is 37.3 Å². The van der Waals surface area contributed by atoms with Gasteiger partial charge in [-0.25, -0.2) is 15.0 Å². The minimum absolute atomic E-state index is 0.546. The van der Waals surface area contributed by atoms with E-state index < -0.39 is 0 Å². The molecule has 0 spiro atoms. The summed E-state index contributed by atoms with van der Waals surface area (Å²) in [6.45, 7) is 4.89. The van der Waals surface area contributed by atoms with E-state index in [0.717, 1.165) is 38.5 Å². The van der Waals surface area contributed by atoms with E-state index in [2.05, 4.69) is 32.5 Å². The number of nitrogens with zero attached hydrogens (tertiary/aromatic N) is 3. The number of thiazole rings is 1. The molecule has 0 bridgehead atoms. The molecule has 0 atom stereocenters. The van der Waals surface area contributed by atoms with Gasteiger partial charge in [-0.2, -0.15) is 0 Å². The maximum absolute atomic E-state index is 5.60. The van der Waals surface area contributed by atoms with Gasteiger partial charge in [0.1, 0.15) is 0 Å². The molecule has 0 amide bonds. The maximum atomic E-state index is 5.60. The summed E-state index contributed by atoms with van der Waals surface area (Å²) in [5, 5.41) is 13.0. The van der Waals surface area contributed by atoms with Crippen molar-refractivity contribution in [2.75, 3.05) is 17.2 Å². The van der Waals surface area contributed by atoms with Crippen LogP contribution in [0.2, 0.25) is 0 Å². The van der Waals surface area contributed by atoms with Gasteiger partial charge >= 0.3 is 0 Å². The lowest BCUT2D eigenvalue weighted by Gasteiger charge is -2.07. The van der Waals surface area contributed by atoms with Gasteiger partial charge in [-0.3, -0.25) is 5.14 Å². The Bertz CT molecular complexity index is 833. The van der Waals surface area contributed by atoms with Crippen molar-refractivity contribution in [2.24, 2.45) is 5.14 Å². The summed E-state index contributed by atoms with van der Waals surface area (Å²) in [5.41, 5.74) is 2.72. The fourth-order valence-corrected chi connectivity index (χ4v) is 3.54. The summed E-state index contributed by atoms with van der Waals surface area (Å²) < 4.78 is 0. The van der Waals surface area contributed by atoms with Crippen LogP contribution < -0.4 is 15.8 Å². The molecule has 0 saturated carbocycles. The third kappa shape index (κ3) is 3.84. The van der Waals surface area contributed by atoms with E-state index in [-0.39, 0.29) is 0 Å². The first-order chi connectivity index (χ1) is 11.7. The van der Waals surface area contributed by atoms with E-state index in [0.29, 0.717) is 5.95 Å². The van der Waals surface area contributed by atoms with Crippen LogP contribution in [0.3, 0.4) is 0 Å². The zero-order valence-corrected chi connectivity index (χ0v) is 15.0. The van der Waals surface area contributed by atoms with Gasteiger partial charge in [0, 0.05) is 23.3 Å². The predicted octanol–water partition coefficient (Wildman–Crippen LogP) is 4.05. The summed E-state index contributed by atoms with van der Waals surface area (Å²) >= 11 is 2.81. The zero-order chi connectivity index (χ0) is 16.9. The number of rotatable bonds is 6. The maximum Gasteiger partial charge on any atom is 0.227 e. The normalized spacial score (nSPS) is 10.6. The summed E-state index contributed by atoms with van der Waals surface area (Å²) in [7, 11) is 0. The van der Waals surface area contributed by atoms with Gasteiger partial charge < -0.3 is 10.6 Å². The summed E-state index contributed by atoms with van der Waals surface area (Å²) in [6, 6.07) is 9.71. The SMILES string of the molecule is CCNc1nc(C)c(-c2ccnc(Nc3cccc(SN)c3)n2)s1. The Morgan fingerprint density at radius 2 is 2.12 bits per heavy atom. The molecular formula is C16H18N6S2. The van der Waals surface area contributed by atoms with Crippen LogP contribution in [0.5, 0.6) is 0 Å². The predicted molar refractivity (Wildman–Crippen MR) is 102 cm³/mol. The van der Waals surface area contributed by atoms with Crippen LogP contribution in [-0.4, -0.2) is 21.5 Å². The van der Waals surface area contributed by atoms with Crippen molar-refractivity contribution in [1.82, 2.24) is 15.0 Å². The number of anilines is 3. The highest BCUT2D eigenvalue weighted by Crippen LogP contribution is 2.32. The Hall–Kier alpha value is -2.16. The van der Waals surface area contributed by atoms with Crippen LogP contribution in [-0.2, 0) is 0 Å². The van der Waals surface area contributed by atoms with E-state index in [4.69, 9.17) is 5.14 Å². The number of aromatic nitrogens is 3. The van der Waals surface area contributed by atoms with E-state index >= 15 is 0 Å². The van der Waals surface area contributed by atoms with Crippen molar-refractivity contribution in [1.29, 1.82) is 0 Å². The average Bonchev–Trinajstić information content (AvgIpc) is 2.96. The molecule has 124 valence electrons. The topological polar surface area (TPSA) is 88.8 Å². The van der Waals surface area contributed by atoms with Gasteiger partial charge in [0.2, 0.25) is 5.95 Å². The second-order valence-electron chi connectivity index (χ2n) is 5.00. The van der Waals surface area contributed by atoms with Gasteiger partial charge in [0.05, 0.1) is 16.3 Å². The van der Waals surface area contributed by atoms with Crippen LogP contribution in [0, 0.1) is 6.92 Å². The lowest BCUT2D eigenvalue weighted by atomic mass is 10.3. The molecule has 4 N–H and O–H groups in total. The van der Waals surface area contributed by atoms with Gasteiger partial charge in [-0.05, 0) is 50.1 Å². The summed E-state index contributed by atoms with van der Waals surface area (Å²) in [6.07, 6.45) is 1.75. The number of hydrogen-bond donors (Lipinski definition) is 3. The van der Waals surface area contributed by atoms with Crippen molar-refractivity contribution in [3.63, 3.8) is 0 Å². The standard InChI is InChI=1S/C16H18N6S2/c1-3-18-16-20-10(2)14(23-16)13-7-8-19-15(22-13)21-11-5-4-6-12(9-11)24-17/h4-9H,3,17H2,1-2H3,(H,18,20)(H,19,21,22). The Kier molecular flexibility index (Phi) is 5.29. The highest BCUT2D eigenvalue weighted by Gasteiger charge is 2.11. The van der Waals surface area contributed by atoms with Crippen molar-refractivity contribution in [2.45, 2.75) is 18.7 Å². The molecule has 0 saturated heterocycles. The number of nitrogens with one attached hydrogen (secondary N) is 2. The molecule has 3 rings (SSSR count). The zero-order valence-electron chi connectivity index (χ0n) is 13.4. The number of nitrogens with two attached hydrogens (primary N) is 1. The second-order valence-corrected chi connectivity index (χ2v) is 6.71. The molecule has 24 heavy (non-hydrogen) atoms. The third-order valence-electron chi connectivity index (χ3n) is 3.24. The number of benzene rings is 1. The Labute approximate surface area is 149 Å². The molecule has 0 unspecified atom stereocenters. The highest BCUT2D eigenvalue weighted by atomic mass is 32.2. The number of aryl methyl sites for hydroxylation is 1. The fraction of sp³-hybridized carbons (Fsp3) is 0.188. The molecule has 1 aromatic carbocycles. The minimum atomic E-state index is 0.546. The monoisotopic (exact) mass is 358 g/mol. The summed E-state index contributed by atoms with van der Waals surface area (Å²) in [4.78, 5) is 15.5. The molecule has 0 aliphatic heterocycles. The Balaban J connectivity index is 1.86. The van der Waals surface area contributed by atoms with Crippen LogP contribution in [0.15, 0.2) is 41.4 Å². The van der Waals surface area contributed by atoms with Crippen molar-refractivity contribution in [3.8, 4) is 10.6 Å². The molecule has 0 aliphatic rings. The van der Waals surface area contributed by atoms with Gasteiger partial charge in [-0.15, -0.1) is 0 Å².